The number of methoxy groups -OCH3 is 1. The molecule has 144 valence electrons. The van der Waals surface area contributed by atoms with Gasteiger partial charge in [-0.05, 0) is 74.6 Å². The van der Waals surface area contributed by atoms with Gasteiger partial charge in [0.25, 0.3) is 5.69 Å². The van der Waals surface area contributed by atoms with Crippen molar-refractivity contribution in [3.8, 4) is 5.75 Å². The molecule has 1 amide bonds. The van der Waals surface area contributed by atoms with Gasteiger partial charge in [-0.25, -0.2) is 0 Å². The highest BCUT2D eigenvalue weighted by Gasteiger charge is 2.54. The predicted octanol–water partition coefficient (Wildman–Crippen LogP) is 3.63. The second-order valence-electron chi connectivity index (χ2n) is 8.25. The van der Waals surface area contributed by atoms with Gasteiger partial charge in [-0.1, -0.05) is 0 Å². The quantitative estimate of drug-likeness (QED) is 0.464. The maximum absolute atomic E-state index is 13.0. The Kier molecular flexibility index (Phi) is 4.53. The first-order chi connectivity index (χ1) is 12.9. The summed E-state index contributed by atoms with van der Waals surface area (Å²) in [6.45, 7) is 0. The van der Waals surface area contributed by atoms with E-state index in [-0.39, 0.29) is 22.1 Å². The molecule has 4 fully saturated rings. The summed E-state index contributed by atoms with van der Waals surface area (Å²) in [7, 11) is 1.48. The molecular weight excluding hydrogens is 366 g/mol. The zero-order valence-electron chi connectivity index (χ0n) is 15.2. The summed E-state index contributed by atoms with van der Waals surface area (Å²) in [6.07, 6.45) is 6.65. The lowest BCUT2D eigenvalue weighted by atomic mass is 9.49. The third-order valence-electron chi connectivity index (χ3n) is 6.39. The summed E-state index contributed by atoms with van der Waals surface area (Å²) >= 11 is 5.32. The number of nitrogens with zero attached hydrogens (tertiary/aromatic N) is 1. The van der Waals surface area contributed by atoms with Crippen molar-refractivity contribution < 1.29 is 14.5 Å². The number of thiocarbonyl (C=S) groups is 1. The van der Waals surface area contributed by atoms with Crippen molar-refractivity contribution in [2.75, 3.05) is 12.4 Å². The summed E-state index contributed by atoms with van der Waals surface area (Å²) < 4.78 is 5.23. The Labute approximate surface area is 163 Å². The molecule has 0 radical (unpaired) electrons. The fraction of sp³-hybridized carbons (Fsp3) is 0.579. The fourth-order valence-electron chi connectivity index (χ4n) is 5.69. The smallest absolute Gasteiger partial charge is 0.271 e. The van der Waals surface area contributed by atoms with Crippen LogP contribution in [0.15, 0.2) is 18.2 Å². The maximum Gasteiger partial charge on any atom is 0.271 e. The average molecular weight is 389 g/mol. The van der Waals surface area contributed by atoms with Crippen molar-refractivity contribution in [2.45, 2.75) is 38.5 Å². The van der Waals surface area contributed by atoms with Crippen LogP contribution in [-0.4, -0.2) is 23.1 Å². The number of non-ortho nitro benzene ring substituents is 1. The zero-order valence-corrected chi connectivity index (χ0v) is 16.0. The number of anilines is 1. The lowest BCUT2D eigenvalue weighted by Gasteiger charge is -2.55. The van der Waals surface area contributed by atoms with Gasteiger partial charge in [-0.15, -0.1) is 0 Å². The zero-order chi connectivity index (χ0) is 19.2. The van der Waals surface area contributed by atoms with Crippen molar-refractivity contribution in [3.63, 3.8) is 0 Å². The molecule has 0 aliphatic heterocycles. The lowest BCUT2D eigenvalue weighted by molar-refractivity contribution is -0.384. The molecule has 2 N–H and O–H groups in total. The molecule has 0 saturated heterocycles. The van der Waals surface area contributed by atoms with Gasteiger partial charge in [0.1, 0.15) is 5.75 Å². The summed E-state index contributed by atoms with van der Waals surface area (Å²) in [5.74, 6) is 2.41. The molecule has 1 aromatic rings. The third-order valence-corrected chi connectivity index (χ3v) is 6.59. The minimum atomic E-state index is -0.484. The SMILES string of the molecule is COc1ccc([N+](=O)[O-])cc1NC(=S)NC(=O)C12CC3CC(CC(C3)C1)C2. The van der Waals surface area contributed by atoms with Gasteiger partial charge >= 0.3 is 0 Å². The number of carbonyl (C=O) groups is 1. The van der Waals surface area contributed by atoms with Crippen LogP contribution in [0.3, 0.4) is 0 Å². The number of benzene rings is 1. The molecule has 4 bridgehead atoms. The van der Waals surface area contributed by atoms with Gasteiger partial charge < -0.3 is 15.4 Å². The Morgan fingerprint density at radius 2 is 1.81 bits per heavy atom. The lowest BCUT2D eigenvalue weighted by Crippen LogP contribution is -2.55. The first-order valence-corrected chi connectivity index (χ1v) is 9.74. The molecule has 1 aromatic carbocycles. The van der Waals surface area contributed by atoms with E-state index < -0.39 is 4.92 Å². The van der Waals surface area contributed by atoms with Crippen molar-refractivity contribution >= 4 is 34.6 Å². The molecule has 0 spiro atoms. The van der Waals surface area contributed by atoms with Crippen molar-refractivity contribution in [2.24, 2.45) is 23.2 Å². The van der Waals surface area contributed by atoms with Gasteiger partial charge in [0.15, 0.2) is 5.11 Å². The molecule has 0 unspecified atom stereocenters. The number of nitro groups is 1. The van der Waals surface area contributed by atoms with Crippen LogP contribution in [0.2, 0.25) is 0 Å². The third kappa shape index (κ3) is 3.38. The van der Waals surface area contributed by atoms with E-state index in [0.29, 0.717) is 29.2 Å². The molecule has 27 heavy (non-hydrogen) atoms. The highest BCUT2D eigenvalue weighted by molar-refractivity contribution is 7.80. The van der Waals surface area contributed by atoms with Crippen LogP contribution in [0.5, 0.6) is 5.75 Å². The second kappa shape index (κ2) is 6.74. The fourth-order valence-corrected chi connectivity index (χ4v) is 5.89. The van der Waals surface area contributed by atoms with Crippen molar-refractivity contribution in [3.05, 3.63) is 28.3 Å². The number of ether oxygens (including phenoxy) is 1. The normalized spacial score (nSPS) is 30.6. The van der Waals surface area contributed by atoms with Gasteiger partial charge in [0, 0.05) is 12.1 Å². The van der Waals surface area contributed by atoms with E-state index in [4.69, 9.17) is 17.0 Å². The number of amides is 1. The number of hydrogen-bond acceptors (Lipinski definition) is 5. The van der Waals surface area contributed by atoms with Gasteiger partial charge in [-0.3, -0.25) is 14.9 Å². The maximum atomic E-state index is 13.0. The monoisotopic (exact) mass is 389 g/mol. The molecule has 4 aliphatic rings. The van der Waals surface area contributed by atoms with E-state index in [0.717, 1.165) is 19.3 Å². The largest absolute Gasteiger partial charge is 0.495 e. The topological polar surface area (TPSA) is 93.5 Å². The van der Waals surface area contributed by atoms with E-state index in [2.05, 4.69) is 10.6 Å². The number of nitrogens with one attached hydrogen (secondary N) is 2. The minimum Gasteiger partial charge on any atom is -0.495 e. The molecule has 0 heterocycles. The van der Waals surface area contributed by atoms with E-state index in [1.165, 1.54) is 44.6 Å². The van der Waals surface area contributed by atoms with E-state index in [1.807, 2.05) is 0 Å². The van der Waals surface area contributed by atoms with Crippen molar-refractivity contribution in [1.29, 1.82) is 0 Å². The number of rotatable bonds is 4. The first kappa shape index (κ1) is 18.2. The number of hydrogen-bond donors (Lipinski definition) is 2. The molecule has 8 heteroatoms. The highest BCUT2D eigenvalue weighted by atomic mass is 32.1. The van der Waals surface area contributed by atoms with Gasteiger partial charge in [0.05, 0.1) is 23.1 Å². The van der Waals surface area contributed by atoms with E-state index in [9.17, 15) is 14.9 Å². The Hall–Kier alpha value is -2.22. The van der Waals surface area contributed by atoms with Crippen LogP contribution >= 0.6 is 12.2 Å². The predicted molar refractivity (Wildman–Crippen MR) is 105 cm³/mol. The van der Waals surface area contributed by atoms with Crippen LogP contribution in [0.4, 0.5) is 11.4 Å². The average Bonchev–Trinajstić information content (AvgIpc) is 2.60. The van der Waals surface area contributed by atoms with E-state index in [1.54, 1.807) is 0 Å². The molecule has 7 nitrogen and oxygen atoms in total. The second-order valence-corrected chi connectivity index (χ2v) is 8.66. The first-order valence-electron chi connectivity index (χ1n) is 9.33. The summed E-state index contributed by atoms with van der Waals surface area (Å²) in [5, 5.41) is 16.9. The Morgan fingerprint density at radius 3 is 2.33 bits per heavy atom. The molecule has 4 saturated carbocycles. The summed E-state index contributed by atoms with van der Waals surface area (Å²) in [5.41, 5.74) is -0.0104. The van der Waals surface area contributed by atoms with Crippen LogP contribution in [-0.2, 0) is 4.79 Å². The van der Waals surface area contributed by atoms with Crippen LogP contribution in [0.1, 0.15) is 38.5 Å². The number of nitro benzene ring substituents is 1. The molecular formula is C19H23N3O4S. The van der Waals surface area contributed by atoms with Crippen LogP contribution in [0, 0.1) is 33.3 Å². The molecule has 0 atom stereocenters. The van der Waals surface area contributed by atoms with E-state index >= 15 is 0 Å². The highest BCUT2D eigenvalue weighted by Crippen LogP contribution is 2.60. The van der Waals surface area contributed by atoms with Crippen molar-refractivity contribution in [1.82, 2.24) is 5.32 Å². The molecule has 4 aliphatic carbocycles. The Balaban J connectivity index is 1.46. The van der Waals surface area contributed by atoms with Crippen LogP contribution < -0.4 is 15.4 Å². The Bertz CT molecular complexity index is 775. The minimum absolute atomic E-state index is 0.0107. The summed E-state index contributed by atoms with van der Waals surface area (Å²) in [4.78, 5) is 23.6. The number of carbonyl (C=O) groups excluding carboxylic acids is 1. The van der Waals surface area contributed by atoms with Gasteiger partial charge in [-0.2, -0.15) is 0 Å². The Morgan fingerprint density at radius 1 is 1.22 bits per heavy atom. The summed E-state index contributed by atoms with van der Waals surface area (Å²) in [6, 6.07) is 4.22. The standard InChI is InChI=1S/C19H23N3O4S/c1-26-16-3-2-14(22(24)25)7-15(16)20-18(27)21-17(23)19-8-11-4-12(9-19)6-13(5-11)10-19/h2-3,7,11-13H,4-6,8-10H2,1H3,(H2,20,21,23,27). The van der Waals surface area contributed by atoms with Gasteiger partial charge in [0.2, 0.25) is 5.91 Å². The molecule has 5 rings (SSSR count). The van der Waals surface area contributed by atoms with Crippen LogP contribution in [0.25, 0.3) is 0 Å². The molecule has 0 aromatic heterocycles.